The van der Waals surface area contributed by atoms with Crippen LogP contribution in [-0.4, -0.2) is 17.3 Å². The molecule has 47 valence electrons. The summed E-state index contributed by atoms with van der Waals surface area (Å²) in [6, 6.07) is -0.191. The molecule has 2 heteroatoms. The largest absolute Gasteiger partial charge is 0.391 e. The Kier molecular flexibility index (Phi) is 1.86. The van der Waals surface area contributed by atoms with Gasteiger partial charge in [-0.05, 0) is 12.8 Å². The van der Waals surface area contributed by atoms with Gasteiger partial charge in [0.1, 0.15) is 0 Å². The molecule has 2 N–H and O–H groups in total. The van der Waals surface area contributed by atoms with Crippen LogP contribution >= 0.6 is 0 Å². The average molecular weight is 114 g/mol. The van der Waals surface area contributed by atoms with Crippen LogP contribution in [0, 0.1) is 0 Å². The smallest absolute Gasteiger partial charge is 0.0706 e. The quantitative estimate of drug-likeness (QED) is 0.491. The van der Waals surface area contributed by atoms with Gasteiger partial charge in [0.25, 0.3) is 0 Å². The Morgan fingerprint density at radius 1 is 1.25 bits per heavy atom. The Morgan fingerprint density at radius 3 is 2.25 bits per heavy atom. The van der Waals surface area contributed by atoms with Gasteiger partial charge in [0.05, 0.1) is 6.10 Å². The van der Waals surface area contributed by atoms with E-state index in [0.717, 1.165) is 25.7 Å². The van der Waals surface area contributed by atoms with E-state index in [0.29, 0.717) is 0 Å². The van der Waals surface area contributed by atoms with Crippen molar-refractivity contribution in [3.8, 4) is 0 Å². The molecule has 1 rings (SSSR count). The number of aliphatic hydroxyl groups excluding tert-OH is 1. The van der Waals surface area contributed by atoms with Crippen molar-refractivity contribution < 1.29 is 5.11 Å². The Labute approximate surface area is 49.7 Å². The lowest BCUT2D eigenvalue weighted by molar-refractivity contribution is 0.105. The van der Waals surface area contributed by atoms with Crippen LogP contribution in [0.5, 0.6) is 0 Å². The lowest BCUT2D eigenvalue weighted by Gasteiger charge is -2.22. The van der Waals surface area contributed by atoms with Crippen molar-refractivity contribution in [3.63, 3.8) is 0 Å². The van der Waals surface area contributed by atoms with E-state index in [9.17, 15) is 0 Å². The van der Waals surface area contributed by atoms with E-state index in [1.165, 1.54) is 0 Å². The Morgan fingerprint density at radius 2 is 1.88 bits per heavy atom. The zero-order valence-corrected chi connectivity index (χ0v) is 4.93. The van der Waals surface area contributed by atoms with Gasteiger partial charge in [-0.15, -0.1) is 0 Å². The second-order valence-electron chi connectivity index (χ2n) is 2.46. The van der Waals surface area contributed by atoms with E-state index in [1.54, 1.807) is 0 Å². The monoisotopic (exact) mass is 114 g/mol. The summed E-state index contributed by atoms with van der Waals surface area (Å²) in [6.07, 6.45) is 3.64. The van der Waals surface area contributed by atoms with E-state index >= 15 is 0 Å². The topological polar surface area (TPSA) is 44.0 Å². The van der Waals surface area contributed by atoms with Gasteiger partial charge in [0, 0.05) is 6.04 Å². The lowest BCUT2D eigenvalue weighted by atomic mass is 9.94. The van der Waals surface area contributed by atoms with E-state index in [-0.39, 0.29) is 12.1 Å². The predicted molar refractivity (Wildman–Crippen MR) is 31.4 cm³/mol. The number of rotatable bonds is 0. The highest BCUT2D eigenvalue weighted by Gasteiger charge is 2.18. The van der Waals surface area contributed by atoms with Crippen LogP contribution in [0.15, 0.2) is 0 Å². The van der Waals surface area contributed by atoms with Gasteiger partial charge in [-0.1, -0.05) is 12.8 Å². The van der Waals surface area contributed by atoms with Crippen LogP contribution in [0.2, 0.25) is 0 Å². The van der Waals surface area contributed by atoms with Gasteiger partial charge in [0.2, 0.25) is 0 Å². The SMILES string of the molecule is [NH][C@@H]1CCCC[C@H]1O. The molecular formula is C6H12NO. The maximum atomic E-state index is 8.99. The fourth-order valence-corrected chi connectivity index (χ4v) is 1.11. The molecule has 1 fully saturated rings. The van der Waals surface area contributed by atoms with Crippen LogP contribution in [0.3, 0.4) is 0 Å². The van der Waals surface area contributed by atoms with Gasteiger partial charge in [0.15, 0.2) is 0 Å². The first-order valence-corrected chi connectivity index (χ1v) is 3.20. The summed E-state index contributed by atoms with van der Waals surface area (Å²) >= 11 is 0. The molecule has 0 unspecified atom stereocenters. The summed E-state index contributed by atoms with van der Waals surface area (Å²) in [7, 11) is 0. The van der Waals surface area contributed by atoms with Crippen LogP contribution in [0.1, 0.15) is 25.7 Å². The molecule has 2 atom stereocenters. The molecule has 1 aliphatic rings. The molecule has 0 bridgehead atoms. The van der Waals surface area contributed by atoms with Crippen LogP contribution in [-0.2, 0) is 0 Å². The molecule has 0 amide bonds. The van der Waals surface area contributed by atoms with Crippen molar-refractivity contribution >= 4 is 0 Å². The normalized spacial score (nSPS) is 39.8. The Hall–Kier alpha value is -0.0800. The molecule has 1 radical (unpaired) electrons. The van der Waals surface area contributed by atoms with Crippen molar-refractivity contribution in [2.75, 3.05) is 0 Å². The summed E-state index contributed by atoms with van der Waals surface area (Å²) in [4.78, 5) is 0. The zero-order chi connectivity index (χ0) is 5.98. The fourth-order valence-electron chi connectivity index (χ4n) is 1.11. The molecule has 8 heavy (non-hydrogen) atoms. The highest BCUT2D eigenvalue weighted by molar-refractivity contribution is 4.75. The molecule has 0 heterocycles. The maximum absolute atomic E-state index is 8.99. The van der Waals surface area contributed by atoms with E-state index < -0.39 is 0 Å². The minimum atomic E-state index is -0.330. The molecule has 0 aromatic carbocycles. The summed E-state index contributed by atoms with van der Waals surface area (Å²) in [5.41, 5.74) is 7.23. The van der Waals surface area contributed by atoms with Crippen molar-refractivity contribution in [1.82, 2.24) is 5.73 Å². The molecule has 0 spiro atoms. The van der Waals surface area contributed by atoms with E-state index in [4.69, 9.17) is 10.8 Å². The first kappa shape index (κ1) is 6.05. The minimum Gasteiger partial charge on any atom is -0.391 e. The van der Waals surface area contributed by atoms with Crippen molar-refractivity contribution in [2.45, 2.75) is 37.8 Å². The highest BCUT2D eigenvalue weighted by atomic mass is 16.3. The summed E-state index contributed by atoms with van der Waals surface area (Å²) in [5.74, 6) is 0. The molecule has 0 aliphatic heterocycles. The van der Waals surface area contributed by atoms with Gasteiger partial charge >= 0.3 is 0 Å². The van der Waals surface area contributed by atoms with Gasteiger partial charge in [-0.25, -0.2) is 0 Å². The van der Waals surface area contributed by atoms with Crippen LogP contribution in [0.25, 0.3) is 0 Å². The third-order valence-corrected chi connectivity index (χ3v) is 1.73. The standard InChI is InChI=1S/C6H12NO/c7-5-3-1-2-4-6(5)8/h5-8H,1-4H2/t5-,6-/m1/s1. The van der Waals surface area contributed by atoms with Gasteiger partial charge in [-0.2, -0.15) is 0 Å². The zero-order valence-electron chi connectivity index (χ0n) is 4.93. The van der Waals surface area contributed by atoms with Crippen molar-refractivity contribution in [3.05, 3.63) is 0 Å². The van der Waals surface area contributed by atoms with Crippen molar-refractivity contribution in [1.29, 1.82) is 0 Å². The molecule has 0 aromatic rings. The fraction of sp³-hybridized carbons (Fsp3) is 1.00. The Balaban J connectivity index is 2.28. The van der Waals surface area contributed by atoms with Crippen molar-refractivity contribution in [2.24, 2.45) is 0 Å². The van der Waals surface area contributed by atoms with E-state index in [2.05, 4.69) is 0 Å². The van der Waals surface area contributed by atoms with Gasteiger partial charge < -0.3 is 5.11 Å². The second kappa shape index (κ2) is 2.46. The first-order chi connectivity index (χ1) is 3.80. The third kappa shape index (κ3) is 1.20. The Bertz CT molecular complexity index is 64.9. The summed E-state index contributed by atoms with van der Waals surface area (Å²) in [5, 5.41) is 8.99. The second-order valence-corrected chi connectivity index (χ2v) is 2.46. The summed E-state index contributed by atoms with van der Waals surface area (Å²) < 4.78 is 0. The predicted octanol–water partition coefficient (Wildman–Crippen LogP) is 0.573. The lowest BCUT2D eigenvalue weighted by Crippen LogP contribution is -2.30. The molecule has 2 nitrogen and oxygen atoms in total. The maximum Gasteiger partial charge on any atom is 0.0706 e. The molecule has 0 saturated heterocycles. The molecule has 0 aromatic heterocycles. The number of hydrogen-bond acceptors (Lipinski definition) is 1. The number of nitrogens with one attached hydrogen (secondary N) is 1. The van der Waals surface area contributed by atoms with Crippen LogP contribution < -0.4 is 5.73 Å². The third-order valence-electron chi connectivity index (χ3n) is 1.73. The molecule has 1 aliphatic carbocycles. The highest BCUT2D eigenvalue weighted by Crippen LogP contribution is 2.16. The minimum absolute atomic E-state index is 0.191. The van der Waals surface area contributed by atoms with Gasteiger partial charge in [-0.3, -0.25) is 5.73 Å². The first-order valence-electron chi connectivity index (χ1n) is 3.20. The molecular weight excluding hydrogens is 102 g/mol. The van der Waals surface area contributed by atoms with Crippen LogP contribution in [0.4, 0.5) is 0 Å². The number of aliphatic hydroxyl groups is 1. The average Bonchev–Trinajstić information content (AvgIpc) is 1.77. The number of hydrogen-bond donors (Lipinski definition) is 1. The van der Waals surface area contributed by atoms with E-state index in [1.807, 2.05) is 0 Å². The molecule has 1 saturated carbocycles. The summed E-state index contributed by atoms with van der Waals surface area (Å²) in [6.45, 7) is 0.